The molecule has 9 nitrogen and oxygen atoms in total. The van der Waals surface area contributed by atoms with Crippen LogP contribution in [0.3, 0.4) is 0 Å². The summed E-state index contributed by atoms with van der Waals surface area (Å²) in [5, 5.41) is 2.94. The van der Waals surface area contributed by atoms with E-state index in [1.807, 2.05) is 25.1 Å². The SMILES string of the molecule is CCOC(=O)Oc1ccc(C(=O)NCC2CCN(C(=O)COc3ccccc3OCC)CC2)cc1. The van der Waals surface area contributed by atoms with Crippen molar-refractivity contribution < 1.29 is 33.3 Å². The van der Waals surface area contributed by atoms with Crippen LogP contribution in [-0.2, 0) is 9.53 Å². The van der Waals surface area contributed by atoms with Gasteiger partial charge >= 0.3 is 6.16 Å². The number of nitrogens with one attached hydrogen (secondary N) is 1. The number of hydrogen-bond donors (Lipinski definition) is 1. The maximum Gasteiger partial charge on any atom is 0.513 e. The van der Waals surface area contributed by atoms with Gasteiger partial charge < -0.3 is 29.2 Å². The first-order chi connectivity index (χ1) is 17.0. The van der Waals surface area contributed by atoms with Crippen LogP contribution in [0, 0.1) is 5.92 Å². The number of amides is 2. The molecule has 9 heteroatoms. The maximum absolute atomic E-state index is 12.6. The van der Waals surface area contributed by atoms with Crippen LogP contribution in [0.4, 0.5) is 4.79 Å². The van der Waals surface area contributed by atoms with Crippen LogP contribution >= 0.6 is 0 Å². The summed E-state index contributed by atoms with van der Waals surface area (Å²) in [5.74, 6) is 1.51. The number of piperidine rings is 1. The van der Waals surface area contributed by atoms with E-state index in [2.05, 4.69) is 5.32 Å². The Hall–Kier alpha value is -3.75. The molecule has 0 saturated carbocycles. The molecule has 3 rings (SSSR count). The second-order valence-electron chi connectivity index (χ2n) is 8.01. The van der Waals surface area contributed by atoms with Gasteiger partial charge in [-0.3, -0.25) is 9.59 Å². The Morgan fingerprint density at radius 2 is 1.57 bits per heavy atom. The third kappa shape index (κ3) is 7.91. The topological polar surface area (TPSA) is 103 Å². The van der Waals surface area contributed by atoms with E-state index in [9.17, 15) is 14.4 Å². The van der Waals surface area contributed by atoms with Crippen molar-refractivity contribution in [2.24, 2.45) is 5.92 Å². The van der Waals surface area contributed by atoms with Gasteiger partial charge in [0.15, 0.2) is 18.1 Å². The van der Waals surface area contributed by atoms with Crippen molar-refractivity contribution in [3.05, 3.63) is 54.1 Å². The van der Waals surface area contributed by atoms with Crippen LogP contribution in [0.2, 0.25) is 0 Å². The highest BCUT2D eigenvalue weighted by Crippen LogP contribution is 2.26. The normalized spacial score (nSPS) is 13.6. The summed E-state index contributed by atoms with van der Waals surface area (Å²) < 4.78 is 20.9. The van der Waals surface area contributed by atoms with Gasteiger partial charge in [-0.1, -0.05) is 12.1 Å². The molecule has 188 valence electrons. The molecule has 2 aromatic carbocycles. The second-order valence-corrected chi connectivity index (χ2v) is 8.01. The average Bonchev–Trinajstić information content (AvgIpc) is 2.87. The number of para-hydroxylation sites is 2. The molecule has 1 heterocycles. The van der Waals surface area contributed by atoms with Crippen LogP contribution in [0.15, 0.2) is 48.5 Å². The van der Waals surface area contributed by atoms with Crippen molar-refractivity contribution in [3.8, 4) is 17.2 Å². The number of nitrogens with zero attached hydrogens (tertiary/aromatic N) is 1. The maximum atomic E-state index is 12.6. The smallest absolute Gasteiger partial charge is 0.490 e. The molecule has 0 atom stereocenters. The Bertz CT molecular complexity index is 985. The first-order valence-corrected chi connectivity index (χ1v) is 11.8. The van der Waals surface area contributed by atoms with Crippen LogP contribution in [0.5, 0.6) is 17.2 Å². The van der Waals surface area contributed by atoms with E-state index in [-0.39, 0.29) is 30.9 Å². The van der Waals surface area contributed by atoms with Gasteiger partial charge in [0.25, 0.3) is 11.8 Å². The number of benzene rings is 2. The average molecular weight is 485 g/mol. The lowest BCUT2D eigenvalue weighted by molar-refractivity contribution is -0.134. The van der Waals surface area contributed by atoms with Crippen LogP contribution in [0.25, 0.3) is 0 Å². The van der Waals surface area contributed by atoms with Gasteiger partial charge in [0.2, 0.25) is 0 Å². The Morgan fingerprint density at radius 1 is 0.914 bits per heavy atom. The van der Waals surface area contributed by atoms with E-state index in [0.717, 1.165) is 12.8 Å². The van der Waals surface area contributed by atoms with E-state index in [4.69, 9.17) is 18.9 Å². The fourth-order valence-corrected chi connectivity index (χ4v) is 3.72. The standard InChI is InChI=1S/C26H32N2O7/c1-3-32-22-7-5-6-8-23(22)34-18-24(29)28-15-13-19(14-16-28)17-27-25(30)20-9-11-21(12-10-20)35-26(31)33-4-2/h5-12,19H,3-4,13-18H2,1-2H3,(H,27,30). The van der Waals surface area contributed by atoms with Crippen molar-refractivity contribution in [2.75, 3.05) is 39.5 Å². The number of rotatable bonds is 10. The Labute approximate surface area is 205 Å². The highest BCUT2D eigenvalue weighted by atomic mass is 16.7. The predicted octanol–water partition coefficient (Wildman–Crippen LogP) is 3.67. The molecule has 0 unspecified atom stereocenters. The van der Waals surface area contributed by atoms with Gasteiger partial charge in [-0.25, -0.2) is 4.79 Å². The Kier molecular flexibility index (Phi) is 9.77. The van der Waals surface area contributed by atoms with E-state index in [1.54, 1.807) is 42.2 Å². The molecule has 2 amide bonds. The van der Waals surface area contributed by atoms with Crippen molar-refractivity contribution in [3.63, 3.8) is 0 Å². The third-order valence-corrected chi connectivity index (χ3v) is 5.60. The molecule has 1 fully saturated rings. The summed E-state index contributed by atoms with van der Waals surface area (Å²) in [6.07, 6.45) is 0.818. The zero-order valence-corrected chi connectivity index (χ0v) is 20.2. The zero-order chi connectivity index (χ0) is 25.0. The summed E-state index contributed by atoms with van der Waals surface area (Å²) in [5.41, 5.74) is 0.471. The van der Waals surface area contributed by atoms with Gasteiger partial charge in [0, 0.05) is 25.2 Å². The molecular formula is C26H32N2O7. The van der Waals surface area contributed by atoms with Gasteiger partial charge in [-0.05, 0) is 69.0 Å². The van der Waals surface area contributed by atoms with E-state index >= 15 is 0 Å². The Morgan fingerprint density at radius 3 is 2.20 bits per heavy atom. The molecule has 0 aromatic heterocycles. The summed E-state index contributed by atoms with van der Waals surface area (Å²) in [6.45, 7) is 6.06. The molecule has 1 N–H and O–H groups in total. The lowest BCUT2D eigenvalue weighted by Crippen LogP contribution is -2.43. The minimum atomic E-state index is -0.781. The number of carbonyl (C=O) groups excluding carboxylic acids is 3. The van der Waals surface area contributed by atoms with Crippen molar-refractivity contribution in [1.82, 2.24) is 10.2 Å². The quantitative estimate of drug-likeness (QED) is 0.405. The monoisotopic (exact) mass is 484 g/mol. The lowest BCUT2D eigenvalue weighted by Gasteiger charge is -2.32. The largest absolute Gasteiger partial charge is 0.513 e. The summed E-state index contributed by atoms with van der Waals surface area (Å²) >= 11 is 0. The molecular weight excluding hydrogens is 452 g/mol. The molecule has 0 spiro atoms. The van der Waals surface area contributed by atoms with Crippen LogP contribution in [0.1, 0.15) is 37.0 Å². The van der Waals surface area contributed by atoms with Gasteiger partial charge in [-0.2, -0.15) is 0 Å². The third-order valence-electron chi connectivity index (χ3n) is 5.60. The minimum Gasteiger partial charge on any atom is -0.490 e. The fraction of sp³-hybridized carbons (Fsp3) is 0.423. The minimum absolute atomic E-state index is 0.0403. The van der Waals surface area contributed by atoms with E-state index in [0.29, 0.717) is 49.1 Å². The summed E-state index contributed by atoms with van der Waals surface area (Å²) in [6, 6.07) is 13.6. The molecule has 2 aromatic rings. The van der Waals surface area contributed by atoms with Gasteiger partial charge in [0.05, 0.1) is 13.2 Å². The highest BCUT2D eigenvalue weighted by Gasteiger charge is 2.24. The lowest BCUT2D eigenvalue weighted by atomic mass is 9.96. The predicted molar refractivity (Wildman–Crippen MR) is 129 cm³/mol. The number of likely N-dealkylation sites (tertiary alicyclic amines) is 1. The van der Waals surface area contributed by atoms with Crippen LogP contribution in [-0.4, -0.2) is 62.3 Å². The number of carbonyl (C=O) groups is 3. The molecule has 1 aliphatic heterocycles. The highest BCUT2D eigenvalue weighted by molar-refractivity contribution is 5.94. The first kappa shape index (κ1) is 25.9. The molecule has 0 bridgehead atoms. The summed E-state index contributed by atoms with van der Waals surface area (Å²) in [7, 11) is 0. The molecule has 0 radical (unpaired) electrons. The molecule has 1 saturated heterocycles. The molecule has 1 aliphatic rings. The van der Waals surface area contributed by atoms with Crippen molar-refractivity contribution in [1.29, 1.82) is 0 Å². The van der Waals surface area contributed by atoms with Crippen molar-refractivity contribution >= 4 is 18.0 Å². The van der Waals surface area contributed by atoms with Crippen LogP contribution < -0.4 is 19.5 Å². The van der Waals surface area contributed by atoms with Crippen molar-refractivity contribution in [2.45, 2.75) is 26.7 Å². The van der Waals surface area contributed by atoms with E-state index < -0.39 is 6.16 Å². The summed E-state index contributed by atoms with van der Waals surface area (Å²) in [4.78, 5) is 38.2. The van der Waals surface area contributed by atoms with Gasteiger partial charge in [-0.15, -0.1) is 0 Å². The Balaban J connectivity index is 1.38. The molecule has 35 heavy (non-hydrogen) atoms. The number of hydrogen-bond acceptors (Lipinski definition) is 7. The molecule has 0 aliphatic carbocycles. The number of ether oxygens (including phenoxy) is 4. The second kappa shape index (κ2) is 13.2. The first-order valence-electron chi connectivity index (χ1n) is 11.8. The fourth-order valence-electron chi connectivity index (χ4n) is 3.72. The van der Waals surface area contributed by atoms with E-state index in [1.165, 1.54) is 0 Å². The van der Waals surface area contributed by atoms with Gasteiger partial charge in [0.1, 0.15) is 5.75 Å². The zero-order valence-electron chi connectivity index (χ0n) is 20.2.